The molecule has 0 aliphatic carbocycles. The van der Waals surface area contributed by atoms with E-state index in [4.69, 9.17) is 9.47 Å². The van der Waals surface area contributed by atoms with Gasteiger partial charge < -0.3 is 19.4 Å². The molecule has 5 rings (SSSR count). The highest BCUT2D eigenvalue weighted by molar-refractivity contribution is 7.89. The Balaban J connectivity index is 1.15. The number of sulfonamides is 1. The van der Waals surface area contributed by atoms with Crippen LogP contribution in [0.15, 0.2) is 18.3 Å². The van der Waals surface area contributed by atoms with Gasteiger partial charge in [0.05, 0.1) is 13.2 Å². The van der Waals surface area contributed by atoms with Crippen LogP contribution in [0.5, 0.6) is 0 Å². The second kappa shape index (κ2) is 8.64. The number of H-pyrrole nitrogens is 1. The Kier molecular flexibility index (Phi) is 5.85. The van der Waals surface area contributed by atoms with Gasteiger partial charge in [0.25, 0.3) is 0 Å². The highest BCUT2D eigenvalue weighted by Gasteiger charge is 2.44. The summed E-state index contributed by atoms with van der Waals surface area (Å²) in [6.45, 7) is 4.58. The second-order valence-electron chi connectivity index (χ2n) is 9.03. The van der Waals surface area contributed by atoms with Crippen molar-refractivity contribution in [1.29, 1.82) is 0 Å². The number of aryl methyl sites for hydroxylation is 1. The number of carbonyl (C=O) groups excluding carboxylic acids is 1. The van der Waals surface area contributed by atoms with Crippen molar-refractivity contribution >= 4 is 27.1 Å². The van der Waals surface area contributed by atoms with Gasteiger partial charge in [-0.05, 0) is 43.4 Å². The molecule has 3 aliphatic rings. The molecular weight excluding hydrogens is 432 g/mol. The topological polar surface area (TPSA) is 105 Å². The van der Waals surface area contributed by atoms with E-state index in [0.717, 1.165) is 29.6 Å². The summed E-state index contributed by atoms with van der Waals surface area (Å²) in [5, 5.41) is 0.580. The van der Waals surface area contributed by atoms with Crippen LogP contribution in [0.4, 0.5) is 4.79 Å². The van der Waals surface area contributed by atoms with Gasteiger partial charge in [-0.15, -0.1) is 0 Å². The smallest absolute Gasteiger partial charge is 0.410 e. The predicted octanol–water partition coefficient (Wildman–Crippen LogP) is 2.38. The molecule has 1 amide bonds. The van der Waals surface area contributed by atoms with E-state index in [1.54, 1.807) is 4.31 Å². The van der Waals surface area contributed by atoms with Crippen LogP contribution in [0.25, 0.3) is 11.0 Å². The Morgan fingerprint density at radius 2 is 1.88 bits per heavy atom. The number of carbonyl (C=O) groups is 1. The van der Waals surface area contributed by atoms with Gasteiger partial charge in [-0.25, -0.2) is 22.5 Å². The van der Waals surface area contributed by atoms with E-state index >= 15 is 0 Å². The molecule has 2 aromatic rings. The van der Waals surface area contributed by atoms with Gasteiger partial charge in [0, 0.05) is 56.3 Å². The van der Waals surface area contributed by atoms with Crippen LogP contribution in [0.3, 0.4) is 0 Å². The number of pyridine rings is 1. The average molecular weight is 463 g/mol. The van der Waals surface area contributed by atoms with Crippen LogP contribution >= 0.6 is 0 Å². The van der Waals surface area contributed by atoms with E-state index in [2.05, 4.69) is 16.0 Å². The van der Waals surface area contributed by atoms with E-state index in [1.807, 2.05) is 19.2 Å². The molecule has 32 heavy (non-hydrogen) atoms. The third kappa shape index (κ3) is 4.11. The molecule has 174 valence electrons. The van der Waals surface area contributed by atoms with Crippen LogP contribution in [0, 0.1) is 6.92 Å². The fourth-order valence-electron chi connectivity index (χ4n) is 4.88. The normalized spacial score (nSPS) is 22.2. The first-order valence-electron chi connectivity index (χ1n) is 11.4. The number of hydrogen-bond acceptors (Lipinski definition) is 6. The summed E-state index contributed by atoms with van der Waals surface area (Å²) in [4.78, 5) is 21.6. The number of nitrogens with zero attached hydrogens (tertiary/aromatic N) is 3. The largest absolute Gasteiger partial charge is 0.446 e. The maximum absolute atomic E-state index is 13.1. The summed E-state index contributed by atoms with van der Waals surface area (Å²) in [6.07, 6.45) is 4.43. The molecule has 3 fully saturated rings. The van der Waals surface area contributed by atoms with Crippen molar-refractivity contribution < 1.29 is 22.7 Å². The van der Waals surface area contributed by atoms with Crippen LogP contribution in [0.1, 0.15) is 42.9 Å². The minimum atomic E-state index is -3.42. The number of hydrogen-bond donors (Lipinski definition) is 1. The van der Waals surface area contributed by atoms with Crippen molar-refractivity contribution in [2.45, 2.75) is 49.9 Å². The fourth-order valence-corrected chi connectivity index (χ4v) is 6.76. The summed E-state index contributed by atoms with van der Waals surface area (Å²) in [6, 6.07) is 4.10. The van der Waals surface area contributed by atoms with Crippen molar-refractivity contribution in [2.75, 3.05) is 39.4 Å². The lowest BCUT2D eigenvalue weighted by Crippen LogP contribution is -2.60. The number of aromatic nitrogens is 2. The van der Waals surface area contributed by atoms with Crippen molar-refractivity contribution in [3.05, 3.63) is 29.6 Å². The molecular formula is C22H30N4O5S. The van der Waals surface area contributed by atoms with E-state index in [9.17, 15) is 13.2 Å². The summed E-state index contributed by atoms with van der Waals surface area (Å²) < 4.78 is 38.5. The van der Waals surface area contributed by atoms with E-state index in [1.165, 1.54) is 10.5 Å². The van der Waals surface area contributed by atoms with E-state index in [0.29, 0.717) is 45.1 Å². The number of ether oxygens (including phenoxy) is 2. The molecule has 1 N–H and O–H groups in total. The van der Waals surface area contributed by atoms with Gasteiger partial charge in [0.1, 0.15) is 17.0 Å². The lowest BCUT2D eigenvalue weighted by atomic mass is 9.90. The van der Waals surface area contributed by atoms with Gasteiger partial charge >= 0.3 is 6.09 Å². The Labute approximate surface area is 188 Å². The quantitative estimate of drug-likeness (QED) is 0.748. The van der Waals surface area contributed by atoms with Crippen molar-refractivity contribution in [3.8, 4) is 0 Å². The van der Waals surface area contributed by atoms with Gasteiger partial charge in [0.2, 0.25) is 10.0 Å². The van der Waals surface area contributed by atoms with Crippen molar-refractivity contribution in [1.82, 2.24) is 19.2 Å². The van der Waals surface area contributed by atoms with Crippen molar-refractivity contribution in [2.24, 2.45) is 0 Å². The molecule has 0 saturated carbocycles. The zero-order valence-corrected chi connectivity index (χ0v) is 19.1. The highest BCUT2D eigenvalue weighted by atomic mass is 32.2. The summed E-state index contributed by atoms with van der Waals surface area (Å²) >= 11 is 0. The lowest BCUT2D eigenvalue weighted by Gasteiger charge is -2.42. The maximum atomic E-state index is 13.1. The second-order valence-corrected chi connectivity index (χ2v) is 11.2. The maximum Gasteiger partial charge on any atom is 0.410 e. The minimum absolute atomic E-state index is 0.130. The molecule has 0 bridgehead atoms. The predicted molar refractivity (Wildman–Crippen MR) is 119 cm³/mol. The van der Waals surface area contributed by atoms with E-state index in [-0.39, 0.29) is 19.2 Å². The molecule has 9 nitrogen and oxygen atoms in total. The zero-order valence-electron chi connectivity index (χ0n) is 18.3. The summed E-state index contributed by atoms with van der Waals surface area (Å²) in [5.74, 6) is 0.312. The number of aromatic amines is 1. The molecule has 2 aromatic heterocycles. The molecule has 0 atom stereocenters. The number of nitrogens with one attached hydrogen (secondary N) is 1. The third-order valence-electron chi connectivity index (χ3n) is 6.93. The monoisotopic (exact) mass is 462 g/mol. The third-order valence-corrected chi connectivity index (χ3v) is 9.15. The number of amides is 1. The Morgan fingerprint density at radius 3 is 2.59 bits per heavy atom. The molecule has 5 heterocycles. The van der Waals surface area contributed by atoms with Gasteiger partial charge in [-0.3, -0.25) is 0 Å². The SMILES string of the molecule is Cc1ccc2c(C3CCN(S(=O)(=O)C4CN(C(=O)OC5CCOCC5)C4)CC3)c[nH]c2n1. The summed E-state index contributed by atoms with van der Waals surface area (Å²) in [7, 11) is -3.42. The Hall–Kier alpha value is -2.17. The zero-order chi connectivity index (χ0) is 22.3. The Bertz CT molecular complexity index is 1080. The molecule has 0 aromatic carbocycles. The molecule has 0 radical (unpaired) electrons. The van der Waals surface area contributed by atoms with Gasteiger partial charge in [0.15, 0.2) is 0 Å². The lowest BCUT2D eigenvalue weighted by molar-refractivity contribution is -0.0155. The van der Waals surface area contributed by atoms with Crippen LogP contribution in [0.2, 0.25) is 0 Å². The van der Waals surface area contributed by atoms with Crippen LogP contribution in [-0.4, -0.2) is 84.4 Å². The Morgan fingerprint density at radius 1 is 1.16 bits per heavy atom. The first-order valence-corrected chi connectivity index (χ1v) is 12.9. The van der Waals surface area contributed by atoms with E-state index < -0.39 is 21.4 Å². The first-order chi connectivity index (χ1) is 15.4. The van der Waals surface area contributed by atoms with Crippen molar-refractivity contribution in [3.63, 3.8) is 0 Å². The molecule has 0 spiro atoms. The molecule has 0 unspecified atom stereocenters. The first kappa shape index (κ1) is 21.7. The molecule has 10 heteroatoms. The fraction of sp³-hybridized carbons (Fsp3) is 0.636. The highest BCUT2D eigenvalue weighted by Crippen LogP contribution is 2.34. The minimum Gasteiger partial charge on any atom is -0.446 e. The molecule has 3 aliphatic heterocycles. The molecule has 3 saturated heterocycles. The number of fused-ring (bicyclic) bond motifs is 1. The number of rotatable bonds is 4. The summed E-state index contributed by atoms with van der Waals surface area (Å²) in [5.41, 5.74) is 3.07. The number of likely N-dealkylation sites (tertiary alicyclic amines) is 1. The standard InChI is InChI=1S/C22H30N4O5S/c1-15-2-3-19-20(12-23-21(19)24-15)16-4-8-26(9-5-16)32(28,29)18-13-25(14-18)22(27)31-17-6-10-30-11-7-17/h2-3,12,16-18H,4-11,13-14H2,1H3,(H,23,24). The average Bonchev–Trinajstić information content (AvgIpc) is 3.16. The van der Waals surface area contributed by atoms with Crippen LogP contribution in [-0.2, 0) is 19.5 Å². The van der Waals surface area contributed by atoms with Gasteiger partial charge in [-0.1, -0.05) is 0 Å². The van der Waals surface area contributed by atoms with Gasteiger partial charge in [-0.2, -0.15) is 0 Å². The van der Waals surface area contributed by atoms with Crippen LogP contribution < -0.4 is 0 Å². The number of piperidine rings is 1.